The van der Waals surface area contributed by atoms with Crippen LogP contribution in [0.15, 0.2) is 18.2 Å². The van der Waals surface area contributed by atoms with Crippen LogP contribution in [0.1, 0.15) is 0 Å². The number of phenolic OH excluding ortho intramolecular Hbond substituents is 2. The fourth-order valence-corrected chi connectivity index (χ4v) is 1.39. The van der Waals surface area contributed by atoms with Crippen molar-refractivity contribution in [3.63, 3.8) is 0 Å². The van der Waals surface area contributed by atoms with Gasteiger partial charge in [0.1, 0.15) is 11.6 Å². The van der Waals surface area contributed by atoms with Gasteiger partial charge in [-0.1, -0.05) is 0 Å². The molecule has 15 heavy (non-hydrogen) atoms. The van der Waals surface area contributed by atoms with Crippen LogP contribution in [0.5, 0.6) is 11.5 Å². The Balaban J connectivity index is 2.99. The molecule has 0 aliphatic rings. The van der Waals surface area contributed by atoms with Gasteiger partial charge in [-0.15, -0.1) is 0 Å². The molecule has 0 heterocycles. The van der Waals surface area contributed by atoms with E-state index in [0.29, 0.717) is 6.07 Å². The first kappa shape index (κ1) is 9.64. The SMILES string of the molecule is Oc1cc(F)c2c(F)c(O)c(F)cc2c1. The quantitative estimate of drug-likeness (QED) is 0.707. The summed E-state index contributed by atoms with van der Waals surface area (Å²) in [6, 6.07) is 2.43. The van der Waals surface area contributed by atoms with Crippen LogP contribution < -0.4 is 0 Å². The topological polar surface area (TPSA) is 40.5 Å². The van der Waals surface area contributed by atoms with Gasteiger partial charge in [-0.05, 0) is 17.5 Å². The Hall–Kier alpha value is -1.91. The molecule has 0 unspecified atom stereocenters. The van der Waals surface area contributed by atoms with E-state index in [9.17, 15) is 13.2 Å². The van der Waals surface area contributed by atoms with Gasteiger partial charge in [-0.25, -0.2) is 13.2 Å². The van der Waals surface area contributed by atoms with Gasteiger partial charge in [0.25, 0.3) is 0 Å². The summed E-state index contributed by atoms with van der Waals surface area (Å²) >= 11 is 0. The van der Waals surface area contributed by atoms with E-state index < -0.39 is 34.3 Å². The highest BCUT2D eigenvalue weighted by Gasteiger charge is 2.16. The molecule has 0 bridgehead atoms. The summed E-state index contributed by atoms with van der Waals surface area (Å²) in [5.74, 6) is -5.30. The van der Waals surface area contributed by atoms with Crippen molar-refractivity contribution in [2.45, 2.75) is 0 Å². The van der Waals surface area contributed by atoms with E-state index in [4.69, 9.17) is 10.2 Å². The van der Waals surface area contributed by atoms with Gasteiger partial charge < -0.3 is 10.2 Å². The molecule has 0 aliphatic carbocycles. The fraction of sp³-hybridized carbons (Fsp3) is 0. The lowest BCUT2D eigenvalue weighted by Gasteiger charge is -2.04. The van der Waals surface area contributed by atoms with Gasteiger partial charge >= 0.3 is 0 Å². The summed E-state index contributed by atoms with van der Waals surface area (Å²) in [5, 5.41) is 17.2. The number of rotatable bonds is 0. The highest BCUT2D eigenvalue weighted by atomic mass is 19.1. The van der Waals surface area contributed by atoms with Crippen LogP contribution in [0.3, 0.4) is 0 Å². The Morgan fingerprint density at radius 1 is 0.867 bits per heavy atom. The molecular formula is C10H5F3O2. The molecule has 2 nitrogen and oxygen atoms in total. The number of phenols is 2. The zero-order valence-corrected chi connectivity index (χ0v) is 7.26. The average Bonchev–Trinajstić information content (AvgIpc) is 2.13. The van der Waals surface area contributed by atoms with Crippen molar-refractivity contribution in [2.75, 3.05) is 0 Å². The van der Waals surface area contributed by atoms with E-state index >= 15 is 0 Å². The van der Waals surface area contributed by atoms with Crippen LogP contribution in [-0.2, 0) is 0 Å². The number of hydrogen-bond donors (Lipinski definition) is 2. The molecule has 0 saturated heterocycles. The summed E-state index contributed by atoms with van der Waals surface area (Å²) in [6.07, 6.45) is 0. The highest BCUT2D eigenvalue weighted by Crippen LogP contribution is 2.32. The molecule has 2 N–H and O–H groups in total. The monoisotopic (exact) mass is 214 g/mol. The number of hydrogen-bond acceptors (Lipinski definition) is 2. The Labute approximate surface area is 82.2 Å². The fourth-order valence-electron chi connectivity index (χ4n) is 1.39. The first-order valence-electron chi connectivity index (χ1n) is 4.00. The second-order valence-corrected chi connectivity index (χ2v) is 3.05. The summed E-state index contributed by atoms with van der Waals surface area (Å²) in [7, 11) is 0. The Bertz CT molecular complexity index is 552. The number of aromatic hydroxyl groups is 2. The van der Waals surface area contributed by atoms with Gasteiger partial charge in [0.2, 0.25) is 0 Å². The molecule has 2 aromatic rings. The maximum absolute atomic E-state index is 13.2. The number of fused-ring (bicyclic) bond motifs is 1. The summed E-state index contributed by atoms with van der Waals surface area (Å²) < 4.78 is 39.3. The van der Waals surface area contributed by atoms with Crippen LogP contribution in [0.4, 0.5) is 13.2 Å². The van der Waals surface area contributed by atoms with Crippen molar-refractivity contribution < 1.29 is 23.4 Å². The minimum Gasteiger partial charge on any atom is -0.508 e. The minimum atomic E-state index is -1.37. The molecule has 0 aliphatic heterocycles. The molecule has 0 aromatic heterocycles. The molecule has 0 amide bonds. The van der Waals surface area contributed by atoms with Crippen molar-refractivity contribution in [2.24, 2.45) is 0 Å². The van der Waals surface area contributed by atoms with Crippen LogP contribution in [0, 0.1) is 17.5 Å². The normalized spacial score (nSPS) is 10.9. The molecule has 0 radical (unpaired) electrons. The van der Waals surface area contributed by atoms with E-state index in [-0.39, 0.29) is 5.39 Å². The summed E-state index contributed by atoms with van der Waals surface area (Å²) in [6.45, 7) is 0. The van der Waals surface area contributed by atoms with Crippen LogP contribution in [0.2, 0.25) is 0 Å². The van der Waals surface area contributed by atoms with Gasteiger partial charge in [0, 0.05) is 6.07 Å². The summed E-state index contributed by atoms with van der Waals surface area (Å²) in [4.78, 5) is 0. The van der Waals surface area contributed by atoms with Crippen LogP contribution in [0.25, 0.3) is 10.8 Å². The second kappa shape index (κ2) is 3.05. The maximum Gasteiger partial charge on any atom is 0.188 e. The van der Waals surface area contributed by atoms with Crippen LogP contribution >= 0.6 is 0 Å². The molecule has 0 saturated carbocycles. The van der Waals surface area contributed by atoms with Crippen molar-refractivity contribution >= 4 is 10.8 Å². The number of halogens is 3. The van der Waals surface area contributed by atoms with Gasteiger partial charge in [-0.2, -0.15) is 0 Å². The van der Waals surface area contributed by atoms with E-state index in [2.05, 4.69) is 0 Å². The lowest BCUT2D eigenvalue weighted by molar-refractivity contribution is 0.398. The van der Waals surface area contributed by atoms with Crippen molar-refractivity contribution in [1.29, 1.82) is 0 Å². The zero-order chi connectivity index (χ0) is 11.2. The molecule has 0 spiro atoms. The Morgan fingerprint density at radius 3 is 2.20 bits per heavy atom. The van der Waals surface area contributed by atoms with E-state index in [1.807, 2.05) is 0 Å². The van der Waals surface area contributed by atoms with E-state index in [0.717, 1.165) is 12.1 Å². The lowest BCUT2D eigenvalue weighted by atomic mass is 10.1. The van der Waals surface area contributed by atoms with Crippen LogP contribution in [-0.4, -0.2) is 10.2 Å². The van der Waals surface area contributed by atoms with Crippen molar-refractivity contribution in [3.8, 4) is 11.5 Å². The van der Waals surface area contributed by atoms with Gasteiger partial charge in [0.05, 0.1) is 5.39 Å². The molecule has 0 atom stereocenters. The van der Waals surface area contributed by atoms with Gasteiger partial charge in [-0.3, -0.25) is 0 Å². The first-order chi connectivity index (χ1) is 7.00. The smallest absolute Gasteiger partial charge is 0.188 e. The van der Waals surface area contributed by atoms with Gasteiger partial charge in [0.15, 0.2) is 17.4 Å². The Kier molecular flexibility index (Phi) is 1.96. The molecular weight excluding hydrogens is 209 g/mol. The predicted molar refractivity (Wildman–Crippen MR) is 47.2 cm³/mol. The molecule has 78 valence electrons. The number of benzene rings is 2. The third-order valence-corrected chi connectivity index (χ3v) is 2.04. The van der Waals surface area contributed by atoms with Crippen molar-refractivity contribution in [3.05, 3.63) is 35.7 Å². The minimum absolute atomic E-state index is 0.152. The standard InChI is InChI=1S/C10H5F3O2/c11-6-3-5(14)1-4-2-7(12)10(15)9(13)8(4)6/h1-3,14-15H. The molecule has 2 aromatic carbocycles. The van der Waals surface area contributed by atoms with E-state index in [1.54, 1.807) is 0 Å². The maximum atomic E-state index is 13.2. The third kappa shape index (κ3) is 1.36. The average molecular weight is 214 g/mol. The molecule has 2 rings (SSSR count). The van der Waals surface area contributed by atoms with Crippen molar-refractivity contribution in [1.82, 2.24) is 0 Å². The third-order valence-electron chi connectivity index (χ3n) is 2.04. The largest absolute Gasteiger partial charge is 0.508 e. The zero-order valence-electron chi connectivity index (χ0n) is 7.26. The van der Waals surface area contributed by atoms with E-state index in [1.165, 1.54) is 0 Å². The lowest BCUT2D eigenvalue weighted by Crippen LogP contribution is -1.89. The Morgan fingerprint density at radius 2 is 1.53 bits per heavy atom. The second-order valence-electron chi connectivity index (χ2n) is 3.05. The summed E-state index contributed by atoms with van der Waals surface area (Å²) in [5.41, 5.74) is 0. The highest BCUT2D eigenvalue weighted by molar-refractivity contribution is 5.86. The molecule has 0 fully saturated rings. The first-order valence-corrected chi connectivity index (χ1v) is 4.00. The predicted octanol–water partition coefficient (Wildman–Crippen LogP) is 2.67. The molecule has 5 heteroatoms.